The first-order chi connectivity index (χ1) is 13.3. The fourth-order valence-corrected chi connectivity index (χ4v) is 3.88. The number of carbonyl (C=O) groups excluding carboxylic acids is 3. The molecule has 3 rings (SSSR count). The summed E-state index contributed by atoms with van der Waals surface area (Å²) in [4.78, 5) is 38.3. The van der Waals surface area contributed by atoms with Crippen molar-refractivity contribution in [1.82, 2.24) is 4.90 Å². The average molecular weight is 483 g/mol. The van der Waals surface area contributed by atoms with E-state index >= 15 is 0 Å². The maximum atomic E-state index is 12.6. The van der Waals surface area contributed by atoms with Gasteiger partial charge in [-0.2, -0.15) is 0 Å². The van der Waals surface area contributed by atoms with Crippen LogP contribution in [0.25, 0.3) is 6.08 Å². The Balaban J connectivity index is 1.83. The number of halogens is 2. The van der Waals surface area contributed by atoms with Crippen LogP contribution in [0.15, 0.2) is 45.8 Å². The molecule has 0 aromatic heterocycles. The maximum Gasteiger partial charge on any atom is 0.293 e. The van der Waals surface area contributed by atoms with Gasteiger partial charge in [0.15, 0.2) is 17.3 Å². The Morgan fingerprint density at radius 1 is 1.29 bits per heavy atom. The normalized spacial score (nSPS) is 15.4. The van der Waals surface area contributed by atoms with Crippen LogP contribution in [0.2, 0.25) is 5.02 Å². The fourth-order valence-electron chi connectivity index (χ4n) is 2.48. The quantitative estimate of drug-likeness (QED) is 0.490. The van der Waals surface area contributed by atoms with E-state index in [-0.39, 0.29) is 28.7 Å². The first kappa shape index (κ1) is 20.4. The van der Waals surface area contributed by atoms with Crippen molar-refractivity contribution >= 4 is 62.3 Å². The summed E-state index contributed by atoms with van der Waals surface area (Å²) in [6.45, 7) is -0.357. The molecule has 0 aliphatic carbocycles. The topological polar surface area (TPSA) is 83.9 Å². The summed E-state index contributed by atoms with van der Waals surface area (Å²) >= 11 is 9.85. The number of ether oxygens (including phenoxy) is 1. The van der Waals surface area contributed by atoms with Gasteiger partial charge in [0.1, 0.15) is 0 Å². The molecule has 0 atom stereocenters. The van der Waals surface area contributed by atoms with Crippen molar-refractivity contribution in [3.05, 3.63) is 61.9 Å². The Kier molecular flexibility index (Phi) is 6.12. The number of thioether (sulfide) groups is 1. The van der Waals surface area contributed by atoms with Crippen molar-refractivity contribution in [1.29, 1.82) is 0 Å². The summed E-state index contributed by atoms with van der Waals surface area (Å²) in [6, 6.07) is 9.18. The first-order valence-electron chi connectivity index (χ1n) is 7.90. The number of methoxy groups -OCH3 is 1. The minimum atomic E-state index is -0.559. The Bertz CT molecular complexity index is 1010. The molecule has 6 nitrogen and oxygen atoms in total. The number of carbonyl (C=O) groups is 3. The molecule has 9 heteroatoms. The lowest BCUT2D eigenvalue weighted by Crippen LogP contribution is -2.33. The van der Waals surface area contributed by atoms with Gasteiger partial charge in [0.05, 0.1) is 18.6 Å². The fraction of sp³-hybridized carbons (Fsp3) is 0.105. The lowest BCUT2D eigenvalue weighted by molar-refractivity contribution is -0.122. The Hall–Kier alpha value is -2.29. The number of nitrogens with zero attached hydrogens (tertiary/aromatic N) is 1. The van der Waals surface area contributed by atoms with E-state index in [1.165, 1.54) is 25.3 Å². The summed E-state index contributed by atoms with van der Waals surface area (Å²) in [5, 5.41) is 9.74. The van der Waals surface area contributed by atoms with Crippen molar-refractivity contribution < 1.29 is 24.2 Å². The van der Waals surface area contributed by atoms with E-state index in [9.17, 15) is 19.5 Å². The van der Waals surface area contributed by atoms with E-state index in [1.54, 1.807) is 24.3 Å². The number of imide groups is 1. The molecular weight excluding hydrogens is 470 g/mol. The van der Waals surface area contributed by atoms with Crippen molar-refractivity contribution in [2.45, 2.75) is 0 Å². The van der Waals surface area contributed by atoms with Gasteiger partial charge < -0.3 is 9.84 Å². The van der Waals surface area contributed by atoms with Gasteiger partial charge in [-0.1, -0.05) is 27.5 Å². The number of ketones is 1. The standard InChI is InChI=1S/C19H13BrClNO5S/c1-27-16-6-11(13(20)8-14(16)23)7-17-18(25)22(19(26)28-17)9-15(24)10-2-4-12(21)5-3-10/h2-8,23H,9H2,1H3/b17-7-. The smallest absolute Gasteiger partial charge is 0.293 e. The van der Waals surface area contributed by atoms with Crippen molar-refractivity contribution in [3.8, 4) is 11.5 Å². The highest BCUT2D eigenvalue weighted by Crippen LogP contribution is 2.37. The van der Waals surface area contributed by atoms with E-state index in [0.29, 0.717) is 20.6 Å². The van der Waals surface area contributed by atoms with Gasteiger partial charge in [0.25, 0.3) is 11.1 Å². The molecule has 1 saturated heterocycles. The Morgan fingerprint density at radius 2 is 1.96 bits per heavy atom. The summed E-state index contributed by atoms with van der Waals surface area (Å²) in [5.41, 5.74) is 0.905. The Morgan fingerprint density at radius 3 is 2.61 bits per heavy atom. The lowest BCUT2D eigenvalue weighted by Gasteiger charge is -2.11. The van der Waals surface area contributed by atoms with Crippen LogP contribution in [-0.4, -0.2) is 40.6 Å². The molecule has 144 valence electrons. The van der Waals surface area contributed by atoms with Crippen LogP contribution in [0.4, 0.5) is 4.79 Å². The number of hydrogen-bond donors (Lipinski definition) is 1. The van der Waals surface area contributed by atoms with Crippen LogP contribution >= 0.6 is 39.3 Å². The summed E-state index contributed by atoms with van der Waals surface area (Å²) in [5.74, 6) is -0.760. The number of aromatic hydroxyl groups is 1. The SMILES string of the molecule is COc1cc(/C=C2\SC(=O)N(CC(=O)c3ccc(Cl)cc3)C2=O)c(Br)cc1O. The third-order valence-corrected chi connectivity index (χ3v) is 5.77. The van der Waals surface area contributed by atoms with Gasteiger partial charge in [0, 0.05) is 15.1 Å². The van der Waals surface area contributed by atoms with E-state index in [1.807, 2.05) is 0 Å². The molecule has 2 aromatic carbocycles. The second-order valence-electron chi connectivity index (χ2n) is 5.74. The molecule has 1 aliphatic rings. The average Bonchev–Trinajstić information content (AvgIpc) is 2.91. The van der Waals surface area contributed by atoms with Crippen LogP contribution in [0, 0.1) is 0 Å². The molecule has 2 aromatic rings. The highest BCUT2D eigenvalue weighted by molar-refractivity contribution is 9.10. The third-order valence-electron chi connectivity index (χ3n) is 3.93. The van der Waals surface area contributed by atoms with Gasteiger partial charge in [-0.25, -0.2) is 0 Å². The number of rotatable bonds is 5. The van der Waals surface area contributed by atoms with E-state index < -0.39 is 11.1 Å². The van der Waals surface area contributed by atoms with Crippen molar-refractivity contribution in [2.75, 3.05) is 13.7 Å². The number of benzene rings is 2. The molecule has 1 N–H and O–H groups in total. The predicted molar refractivity (Wildman–Crippen MR) is 111 cm³/mol. The minimum absolute atomic E-state index is 0.0619. The van der Waals surface area contributed by atoms with E-state index in [2.05, 4.69) is 15.9 Å². The summed E-state index contributed by atoms with van der Waals surface area (Å²) in [6.07, 6.45) is 1.50. The second-order valence-corrected chi connectivity index (χ2v) is 8.03. The van der Waals surface area contributed by atoms with Crippen LogP contribution in [0.1, 0.15) is 15.9 Å². The third kappa shape index (κ3) is 4.24. The molecule has 0 saturated carbocycles. The van der Waals surface area contributed by atoms with Crippen molar-refractivity contribution in [2.24, 2.45) is 0 Å². The number of Topliss-reactive ketones (excluding diaryl/α,β-unsaturated/α-hetero) is 1. The molecule has 2 amide bonds. The zero-order chi connectivity index (χ0) is 20.4. The van der Waals surface area contributed by atoms with Gasteiger partial charge in [-0.15, -0.1) is 0 Å². The molecule has 1 aliphatic heterocycles. The monoisotopic (exact) mass is 481 g/mol. The zero-order valence-corrected chi connectivity index (χ0v) is 17.6. The van der Waals surface area contributed by atoms with E-state index in [4.69, 9.17) is 16.3 Å². The van der Waals surface area contributed by atoms with Gasteiger partial charge in [0.2, 0.25) is 0 Å². The molecule has 0 radical (unpaired) electrons. The number of phenolic OH excluding ortho intramolecular Hbond substituents is 1. The van der Waals surface area contributed by atoms with Gasteiger partial charge in [-0.3, -0.25) is 19.3 Å². The minimum Gasteiger partial charge on any atom is -0.504 e. The van der Waals surface area contributed by atoms with Crippen LogP contribution < -0.4 is 4.74 Å². The molecule has 0 spiro atoms. The Labute approximate surface area is 178 Å². The predicted octanol–water partition coefficient (Wildman–Crippen LogP) is 4.74. The molecule has 28 heavy (non-hydrogen) atoms. The van der Waals surface area contributed by atoms with Crippen LogP contribution in [0.5, 0.6) is 11.5 Å². The van der Waals surface area contributed by atoms with Crippen LogP contribution in [-0.2, 0) is 4.79 Å². The first-order valence-corrected chi connectivity index (χ1v) is 9.89. The number of amides is 2. The second kappa shape index (κ2) is 8.38. The molecular formula is C19H13BrClNO5S. The lowest BCUT2D eigenvalue weighted by atomic mass is 10.1. The maximum absolute atomic E-state index is 12.6. The largest absolute Gasteiger partial charge is 0.504 e. The number of phenols is 1. The molecule has 0 unspecified atom stereocenters. The molecule has 0 bridgehead atoms. The van der Waals surface area contributed by atoms with Gasteiger partial charge in [-0.05, 0) is 59.8 Å². The number of hydrogen-bond acceptors (Lipinski definition) is 6. The summed E-state index contributed by atoms with van der Waals surface area (Å²) < 4.78 is 5.58. The summed E-state index contributed by atoms with van der Waals surface area (Å²) in [7, 11) is 1.41. The highest BCUT2D eigenvalue weighted by atomic mass is 79.9. The van der Waals surface area contributed by atoms with E-state index in [0.717, 1.165) is 16.7 Å². The van der Waals surface area contributed by atoms with Crippen LogP contribution in [0.3, 0.4) is 0 Å². The van der Waals surface area contributed by atoms with Gasteiger partial charge >= 0.3 is 0 Å². The molecule has 1 fully saturated rings. The van der Waals surface area contributed by atoms with Crippen molar-refractivity contribution in [3.63, 3.8) is 0 Å². The zero-order valence-electron chi connectivity index (χ0n) is 14.4. The highest BCUT2D eigenvalue weighted by Gasteiger charge is 2.36. The molecule has 1 heterocycles.